The zero-order valence-corrected chi connectivity index (χ0v) is 20.9. The Kier molecular flexibility index (Phi) is 8.02. The minimum Gasteiger partial charge on any atom is -0.507 e. The molecule has 0 saturated carbocycles. The van der Waals surface area contributed by atoms with Crippen LogP contribution in [0.3, 0.4) is 0 Å². The van der Waals surface area contributed by atoms with Gasteiger partial charge in [-0.25, -0.2) is 9.37 Å². The molecule has 192 valence electrons. The Morgan fingerprint density at radius 3 is 2.51 bits per heavy atom. The summed E-state index contributed by atoms with van der Waals surface area (Å²) in [6.45, 7) is 6.44. The predicted molar refractivity (Wildman–Crippen MR) is 141 cm³/mol. The third kappa shape index (κ3) is 5.72. The molecule has 0 aliphatic carbocycles. The number of anilines is 1. The summed E-state index contributed by atoms with van der Waals surface area (Å²) in [6.07, 6.45) is 4.32. The Bertz CT molecular complexity index is 1380. The van der Waals surface area contributed by atoms with Gasteiger partial charge in [-0.3, -0.25) is 4.79 Å². The van der Waals surface area contributed by atoms with Crippen molar-refractivity contribution in [3.63, 3.8) is 0 Å². The van der Waals surface area contributed by atoms with Gasteiger partial charge in [0.05, 0.1) is 19.0 Å². The van der Waals surface area contributed by atoms with Crippen LogP contribution in [0.1, 0.15) is 30.1 Å². The van der Waals surface area contributed by atoms with Crippen LogP contribution in [0.5, 0.6) is 11.5 Å². The smallest absolute Gasteiger partial charge is 0.253 e. The van der Waals surface area contributed by atoms with Gasteiger partial charge in [-0.2, -0.15) is 9.61 Å². The Morgan fingerprint density at radius 2 is 1.86 bits per heavy atom. The molecule has 2 aromatic heterocycles. The van der Waals surface area contributed by atoms with E-state index in [2.05, 4.69) is 22.0 Å². The van der Waals surface area contributed by atoms with Crippen molar-refractivity contribution in [2.75, 3.05) is 25.5 Å². The molecule has 0 unspecified atom stereocenters. The molecule has 0 radical (unpaired) electrons. The molecule has 0 bridgehead atoms. The number of hydrogen-bond donors (Lipinski definition) is 2. The molecule has 1 fully saturated rings. The lowest BCUT2D eigenvalue weighted by Gasteiger charge is -2.33. The molecule has 8 nitrogen and oxygen atoms in total. The molecule has 2 N–H and O–H groups in total. The van der Waals surface area contributed by atoms with Gasteiger partial charge in [-0.1, -0.05) is 18.2 Å². The number of hydrogen-bond acceptors (Lipinski definition) is 6. The number of phenols is 1. The van der Waals surface area contributed by atoms with Crippen LogP contribution in [0, 0.1) is 5.82 Å². The van der Waals surface area contributed by atoms with E-state index in [1.165, 1.54) is 4.52 Å². The van der Waals surface area contributed by atoms with Gasteiger partial charge in [0.15, 0.2) is 11.5 Å². The van der Waals surface area contributed by atoms with Gasteiger partial charge in [-0.05, 0) is 56.2 Å². The molecule has 1 amide bonds. The maximum atomic E-state index is 14.4. The number of benzene rings is 2. The van der Waals surface area contributed by atoms with E-state index < -0.39 is 5.82 Å². The quantitative estimate of drug-likeness (QED) is 0.366. The number of para-hydroxylation sites is 1. The molecule has 1 saturated heterocycles. The number of methoxy groups -OCH3 is 1. The fraction of sp³-hybridized carbons (Fsp3) is 0.250. The number of halogens is 1. The summed E-state index contributed by atoms with van der Waals surface area (Å²) >= 11 is 0. The second kappa shape index (κ2) is 11.6. The van der Waals surface area contributed by atoms with Gasteiger partial charge >= 0.3 is 0 Å². The van der Waals surface area contributed by atoms with Crippen LogP contribution in [0.15, 0.2) is 73.4 Å². The number of nitrogens with one attached hydrogen (secondary N) is 1. The van der Waals surface area contributed by atoms with Crippen molar-refractivity contribution in [3.8, 4) is 22.8 Å². The van der Waals surface area contributed by atoms with Crippen LogP contribution in [0.4, 0.5) is 10.2 Å². The SMILES string of the molecule is C=CC.COc1ccc(C(=O)N2CCC(Nc3cc(-c4ccccc4O)nc4c(F)cnn34)CC2)cc1. The number of rotatable bonds is 5. The second-order valence-corrected chi connectivity index (χ2v) is 8.62. The first-order chi connectivity index (χ1) is 17.9. The summed E-state index contributed by atoms with van der Waals surface area (Å²) in [6, 6.07) is 15.7. The maximum Gasteiger partial charge on any atom is 0.253 e. The number of fused-ring (bicyclic) bond motifs is 1. The molecule has 37 heavy (non-hydrogen) atoms. The van der Waals surface area contributed by atoms with Crippen molar-refractivity contribution in [1.29, 1.82) is 0 Å². The number of phenolic OH excluding ortho intramolecular Hbond substituents is 1. The minimum atomic E-state index is -0.541. The van der Waals surface area contributed by atoms with E-state index in [-0.39, 0.29) is 23.3 Å². The first kappa shape index (κ1) is 25.7. The lowest BCUT2D eigenvalue weighted by Crippen LogP contribution is -2.42. The number of nitrogens with zero attached hydrogens (tertiary/aromatic N) is 4. The fourth-order valence-corrected chi connectivity index (χ4v) is 4.22. The van der Waals surface area contributed by atoms with Gasteiger partial charge in [0, 0.05) is 36.3 Å². The average molecular weight is 504 g/mol. The van der Waals surface area contributed by atoms with Gasteiger partial charge < -0.3 is 20.1 Å². The normalized spacial score (nSPS) is 13.5. The minimum absolute atomic E-state index is 0.0107. The zero-order chi connectivity index (χ0) is 26.4. The Morgan fingerprint density at radius 1 is 1.19 bits per heavy atom. The number of amides is 1. The van der Waals surface area contributed by atoms with Gasteiger partial charge in [-0.15, -0.1) is 6.58 Å². The number of carbonyl (C=O) groups is 1. The monoisotopic (exact) mass is 503 g/mol. The first-order valence-electron chi connectivity index (χ1n) is 12.0. The largest absolute Gasteiger partial charge is 0.507 e. The molecule has 1 aliphatic heterocycles. The van der Waals surface area contributed by atoms with E-state index >= 15 is 0 Å². The highest BCUT2D eigenvalue weighted by molar-refractivity contribution is 5.94. The van der Waals surface area contributed by atoms with Crippen molar-refractivity contribution in [2.24, 2.45) is 0 Å². The third-order valence-corrected chi connectivity index (χ3v) is 6.08. The topological polar surface area (TPSA) is 92.0 Å². The van der Waals surface area contributed by atoms with E-state index in [4.69, 9.17) is 4.74 Å². The van der Waals surface area contributed by atoms with Crippen molar-refractivity contribution in [3.05, 3.63) is 84.8 Å². The summed E-state index contributed by atoms with van der Waals surface area (Å²) in [5, 5.41) is 17.8. The third-order valence-electron chi connectivity index (χ3n) is 6.08. The van der Waals surface area contributed by atoms with E-state index in [1.54, 1.807) is 67.8 Å². The molecule has 9 heteroatoms. The van der Waals surface area contributed by atoms with Crippen LogP contribution < -0.4 is 10.1 Å². The summed E-state index contributed by atoms with van der Waals surface area (Å²) in [4.78, 5) is 19.1. The van der Waals surface area contributed by atoms with Gasteiger partial charge in [0.1, 0.15) is 17.3 Å². The molecule has 2 aromatic carbocycles. The van der Waals surface area contributed by atoms with E-state index in [1.807, 2.05) is 11.8 Å². The lowest BCUT2D eigenvalue weighted by molar-refractivity contribution is 0.0718. The number of piperidine rings is 1. The molecule has 4 aromatic rings. The lowest BCUT2D eigenvalue weighted by atomic mass is 10.0. The number of carbonyl (C=O) groups excluding carboxylic acids is 1. The second-order valence-electron chi connectivity index (χ2n) is 8.62. The van der Waals surface area contributed by atoms with Gasteiger partial charge in [0.25, 0.3) is 5.91 Å². The van der Waals surface area contributed by atoms with Crippen molar-refractivity contribution >= 4 is 17.4 Å². The molecule has 0 atom stereocenters. The Balaban J connectivity index is 0.00000102. The molecular weight excluding hydrogens is 473 g/mol. The highest BCUT2D eigenvalue weighted by Gasteiger charge is 2.25. The van der Waals surface area contributed by atoms with E-state index in [0.29, 0.717) is 41.5 Å². The number of aromatic nitrogens is 3. The molecule has 1 aliphatic rings. The Labute approximate surface area is 215 Å². The number of allylic oxidation sites excluding steroid dienone is 1. The number of ether oxygens (including phenoxy) is 1. The van der Waals surface area contributed by atoms with Crippen LogP contribution in [0.25, 0.3) is 16.9 Å². The van der Waals surface area contributed by atoms with Crippen LogP contribution in [-0.4, -0.2) is 56.8 Å². The summed E-state index contributed by atoms with van der Waals surface area (Å²) in [5.41, 5.74) is 1.66. The maximum absolute atomic E-state index is 14.4. The fourth-order valence-electron chi connectivity index (χ4n) is 4.22. The highest BCUT2D eigenvalue weighted by atomic mass is 19.1. The van der Waals surface area contributed by atoms with Crippen LogP contribution >= 0.6 is 0 Å². The predicted octanol–water partition coefficient (Wildman–Crippen LogP) is 5.16. The van der Waals surface area contributed by atoms with E-state index in [9.17, 15) is 14.3 Å². The standard InChI is InChI=1S/C25H24FN5O3.C3H6/c1-34-18-8-6-16(7-9-18)25(33)30-12-10-17(11-13-30)28-23-14-21(19-4-2-3-5-22(19)32)29-24-20(26)15-27-31(23)24;1-3-2/h2-9,14-15,17,28,32H,10-13H2,1H3;3H,1H2,2H3. The van der Waals surface area contributed by atoms with Crippen molar-refractivity contribution in [2.45, 2.75) is 25.8 Å². The molecule has 5 rings (SSSR count). The van der Waals surface area contributed by atoms with Crippen LogP contribution in [-0.2, 0) is 0 Å². The van der Waals surface area contributed by atoms with Crippen LogP contribution in [0.2, 0.25) is 0 Å². The summed E-state index contributed by atoms with van der Waals surface area (Å²) < 4.78 is 20.9. The number of aromatic hydroxyl groups is 1. The first-order valence-corrected chi connectivity index (χ1v) is 12.0. The highest BCUT2D eigenvalue weighted by Crippen LogP contribution is 2.30. The van der Waals surface area contributed by atoms with E-state index in [0.717, 1.165) is 19.0 Å². The van der Waals surface area contributed by atoms with Crippen molar-refractivity contribution < 1.29 is 19.0 Å². The summed E-state index contributed by atoms with van der Waals surface area (Å²) in [7, 11) is 1.59. The Hall–Kier alpha value is -4.40. The summed E-state index contributed by atoms with van der Waals surface area (Å²) in [5.74, 6) is 0.799. The number of likely N-dealkylation sites (tertiary alicyclic amines) is 1. The molecular formula is C28H30FN5O3. The average Bonchev–Trinajstić information content (AvgIpc) is 3.30. The van der Waals surface area contributed by atoms with Crippen molar-refractivity contribution in [1.82, 2.24) is 19.5 Å². The zero-order valence-electron chi connectivity index (χ0n) is 20.9. The molecule has 0 spiro atoms. The molecule has 3 heterocycles. The van der Waals surface area contributed by atoms with Gasteiger partial charge in [0.2, 0.25) is 0 Å².